The number of fused-ring (bicyclic) bond motifs is 2. The van der Waals surface area contributed by atoms with Crippen LogP contribution < -0.4 is 15.1 Å². The Balaban J connectivity index is 1.61. The van der Waals surface area contributed by atoms with Crippen molar-refractivity contribution in [1.82, 2.24) is 9.78 Å². The van der Waals surface area contributed by atoms with Crippen molar-refractivity contribution in [1.29, 1.82) is 0 Å². The number of anilines is 1. The third-order valence-electron chi connectivity index (χ3n) is 5.38. The largest absolute Gasteiger partial charge is 0.495 e. The molecule has 6 nitrogen and oxygen atoms in total. The molecule has 0 spiro atoms. The van der Waals surface area contributed by atoms with Crippen LogP contribution >= 0.6 is 0 Å². The zero-order valence-corrected chi connectivity index (χ0v) is 16.1. The topological polar surface area (TPSA) is 64.4 Å². The molecule has 0 saturated carbocycles. The first-order chi connectivity index (χ1) is 13.6. The molecule has 0 saturated heterocycles. The van der Waals surface area contributed by atoms with Crippen LogP contribution in [0.2, 0.25) is 0 Å². The molecule has 0 radical (unpaired) electrons. The van der Waals surface area contributed by atoms with Gasteiger partial charge in [-0.15, -0.1) is 0 Å². The number of rotatable bonds is 4. The molecule has 6 heteroatoms. The molecule has 1 aliphatic heterocycles. The molecule has 0 fully saturated rings. The Morgan fingerprint density at radius 3 is 2.86 bits per heavy atom. The van der Waals surface area contributed by atoms with Gasteiger partial charge in [-0.2, -0.15) is 5.10 Å². The van der Waals surface area contributed by atoms with Crippen LogP contribution in [-0.4, -0.2) is 29.3 Å². The summed E-state index contributed by atoms with van der Waals surface area (Å²) in [6.07, 6.45) is 3.51. The van der Waals surface area contributed by atoms with Crippen molar-refractivity contribution in [3.8, 4) is 5.75 Å². The molecule has 144 valence electrons. The Kier molecular flexibility index (Phi) is 4.86. The van der Waals surface area contributed by atoms with Crippen molar-refractivity contribution in [2.75, 3.05) is 18.6 Å². The maximum Gasteiger partial charge on any atom is 0.228 e. The van der Waals surface area contributed by atoms with Gasteiger partial charge in [0.1, 0.15) is 5.75 Å². The number of carbonyl (C=O) groups is 1. The predicted molar refractivity (Wildman–Crippen MR) is 109 cm³/mol. The van der Waals surface area contributed by atoms with Crippen molar-refractivity contribution in [2.24, 2.45) is 0 Å². The van der Waals surface area contributed by atoms with E-state index in [1.807, 2.05) is 35.2 Å². The SMILES string of the molecule is COc1ccc(C)c2c1N(C(=O)CCn1ncc(=O)c3ccccc31)CCC2. The third kappa shape index (κ3) is 3.15. The van der Waals surface area contributed by atoms with Crippen LogP contribution in [0.4, 0.5) is 5.69 Å². The van der Waals surface area contributed by atoms with Crippen LogP contribution in [0.5, 0.6) is 5.75 Å². The Morgan fingerprint density at radius 2 is 2.04 bits per heavy atom. The van der Waals surface area contributed by atoms with Gasteiger partial charge in [-0.1, -0.05) is 18.2 Å². The number of amides is 1. The van der Waals surface area contributed by atoms with E-state index >= 15 is 0 Å². The molecule has 0 aliphatic carbocycles. The normalized spacial score (nSPS) is 13.4. The van der Waals surface area contributed by atoms with Crippen LogP contribution in [0, 0.1) is 6.92 Å². The fourth-order valence-electron chi connectivity index (χ4n) is 3.94. The van der Waals surface area contributed by atoms with E-state index in [0.29, 0.717) is 24.9 Å². The highest BCUT2D eigenvalue weighted by atomic mass is 16.5. The number of para-hydroxylation sites is 1. The average Bonchev–Trinajstić information content (AvgIpc) is 2.73. The van der Waals surface area contributed by atoms with E-state index < -0.39 is 0 Å². The Labute approximate surface area is 163 Å². The summed E-state index contributed by atoms with van der Waals surface area (Å²) in [6, 6.07) is 11.3. The Bertz CT molecular complexity index is 1100. The zero-order chi connectivity index (χ0) is 19.7. The number of nitrogens with zero attached hydrogens (tertiary/aromatic N) is 3. The molecule has 0 N–H and O–H groups in total. The van der Waals surface area contributed by atoms with Gasteiger partial charge in [0.15, 0.2) is 0 Å². The molecular weight excluding hydrogens is 354 g/mol. The summed E-state index contributed by atoms with van der Waals surface area (Å²) in [5.41, 5.74) is 3.90. The predicted octanol–water partition coefficient (Wildman–Crippen LogP) is 3.08. The molecule has 1 aliphatic rings. The van der Waals surface area contributed by atoms with E-state index in [9.17, 15) is 9.59 Å². The fourth-order valence-corrected chi connectivity index (χ4v) is 3.94. The highest BCUT2D eigenvalue weighted by Crippen LogP contribution is 2.38. The van der Waals surface area contributed by atoms with Crippen LogP contribution in [-0.2, 0) is 17.8 Å². The maximum atomic E-state index is 13.1. The van der Waals surface area contributed by atoms with Crippen molar-refractivity contribution in [2.45, 2.75) is 32.7 Å². The first-order valence-electron chi connectivity index (χ1n) is 9.52. The van der Waals surface area contributed by atoms with Gasteiger partial charge in [-0.25, -0.2) is 0 Å². The number of hydrogen-bond acceptors (Lipinski definition) is 4. The van der Waals surface area contributed by atoms with Crippen molar-refractivity contribution in [3.63, 3.8) is 0 Å². The fraction of sp³-hybridized carbons (Fsp3) is 0.318. The standard InChI is InChI=1S/C22H23N3O3/c1-15-9-10-20(28-2)22-16(15)7-5-12-24(22)21(27)11-13-25-18-8-4-3-6-17(18)19(26)14-23-25/h3-4,6,8-10,14H,5,7,11-13H2,1-2H3. The van der Waals surface area contributed by atoms with Gasteiger partial charge in [0.2, 0.25) is 11.3 Å². The lowest BCUT2D eigenvalue weighted by Gasteiger charge is -2.32. The molecule has 1 amide bonds. The summed E-state index contributed by atoms with van der Waals surface area (Å²) in [7, 11) is 1.64. The highest BCUT2D eigenvalue weighted by Gasteiger charge is 2.27. The highest BCUT2D eigenvalue weighted by molar-refractivity contribution is 5.96. The molecule has 2 heterocycles. The molecule has 0 atom stereocenters. The van der Waals surface area contributed by atoms with E-state index in [4.69, 9.17) is 4.74 Å². The minimum Gasteiger partial charge on any atom is -0.495 e. The first kappa shape index (κ1) is 18.2. The molecule has 4 rings (SSSR count). The number of aromatic nitrogens is 2. The number of benzene rings is 2. The van der Waals surface area contributed by atoms with Gasteiger partial charge < -0.3 is 9.64 Å². The molecule has 1 aromatic heterocycles. The Morgan fingerprint density at radius 1 is 1.21 bits per heavy atom. The lowest BCUT2D eigenvalue weighted by molar-refractivity contribution is -0.119. The van der Waals surface area contributed by atoms with Gasteiger partial charge in [0, 0.05) is 18.4 Å². The first-order valence-corrected chi connectivity index (χ1v) is 9.52. The van der Waals surface area contributed by atoms with E-state index in [1.54, 1.807) is 17.9 Å². The average molecular weight is 377 g/mol. The molecule has 0 unspecified atom stereocenters. The van der Waals surface area contributed by atoms with Crippen molar-refractivity contribution >= 4 is 22.5 Å². The monoisotopic (exact) mass is 377 g/mol. The zero-order valence-electron chi connectivity index (χ0n) is 16.1. The number of carbonyl (C=O) groups excluding carboxylic acids is 1. The van der Waals surface area contributed by atoms with Gasteiger partial charge in [0.05, 0.1) is 31.1 Å². The van der Waals surface area contributed by atoms with Crippen molar-refractivity contribution in [3.05, 3.63) is 63.9 Å². The van der Waals surface area contributed by atoms with E-state index in [0.717, 1.165) is 29.8 Å². The molecular formula is C22H23N3O3. The number of ether oxygens (including phenoxy) is 1. The van der Waals surface area contributed by atoms with Gasteiger partial charge in [-0.05, 0) is 49.1 Å². The molecule has 3 aromatic rings. The third-order valence-corrected chi connectivity index (χ3v) is 5.38. The summed E-state index contributed by atoms with van der Waals surface area (Å²) in [5, 5.41) is 4.84. The van der Waals surface area contributed by atoms with Crippen LogP contribution in [0.25, 0.3) is 10.9 Å². The van der Waals surface area contributed by atoms with Crippen molar-refractivity contribution < 1.29 is 9.53 Å². The summed E-state index contributed by atoms with van der Waals surface area (Å²) < 4.78 is 7.26. The summed E-state index contributed by atoms with van der Waals surface area (Å²) >= 11 is 0. The smallest absolute Gasteiger partial charge is 0.228 e. The molecule has 2 aromatic carbocycles. The molecule has 28 heavy (non-hydrogen) atoms. The van der Waals surface area contributed by atoms with Gasteiger partial charge in [0.25, 0.3) is 0 Å². The van der Waals surface area contributed by atoms with E-state index in [1.165, 1.54) is 17.3 Å². The number of hydrogen-bond donors (Lipinski definition) is 0. The quantitative estimate of drug-likeness (QED) is 0.701. The summed E-state index contributed by atoms with van der Waals surface area (Å²) in [4.78, 5) is 26.9. The minimum atomic E-state index is -0.108. The Hall–Kier alpha value is -3.15. The lowest BCUT2D eigenvalue weighted by atomic mass is 9.96. The second-order valence-electron chi connectivity index (χ2n) is 7.06. The van der Waals surface area contributed by atoms with Crippen LogP contribution in [0.1, 0.15) is 24.0 Å². The maximum absolute atomic E-state index is 13.1. The molecule has 0 bridgehead atoms. The lowest BCUT2D eigenvalue weighted by Crippen LogP contribution is -2.36. The summed E-state index contributed by atoms with van der Waals surface area (Å²) in [6.45, 7) is 3.17. The minimum absolute atomic E-state index is 0.0365. The second-order valence-corrected chi connectivity index (χ2v) is 7.06. The van der Waals surface area contributed by atoms with E-state index in [-0.39, 0.29) is 11.3 Å². The number of methoxy groups -OCH3 is 1. The number of aryl methyl sites for hydroxylation is 2. The van der Waals surface area contributed by atoms with Crippen LogP contribution in [0.15, 0.2) is 47.4 Å². The van der Waals surface area contributed by atoms with Gasteiger partial charge in [-0.3, -0.25) is 14.3 Å². The summed E-state index contributed by atoms with van der Waals surface area (Å²) in [5.74, 6) is 0.773. The van der Waals surface area contributed by atoms with Gasteiger partial charge >= 0.3 is 0 Å². The van der Waals surface area contributed by atoms with Crippen LogP contribution in [0.3, 0.4) is 0 Å². The second kappa shape index (κ2) is 7.46. The van der Waals surface area contributed by atoms with E-state index in [2.05, 4.69) is 12.0 Å².